The molecule has 66 valence electrons. The van der Waals surface area contributed by atoms with E-state index in [0.717, 1.165) is 6.92 Å². The van der Waals surface area contributed by atoms with Gasteiger partial charge in [-0.05, 0) is 6.92 Å². The standard InChI is InChI=1S/C5H7F3O2S/c1-3(10-2-11)4(9)5(6,7)8/h3,11H,2H2,1H3. The maximum absolute atomic E-state index is 11.6. The van der Waals surface area contributed by atoms with Crippen molar-refractivity contribution in [3.05, 3.63) is 0 Å². The second-order valence-corrected chi connectivity index (χ2v) is 2.06. The van der Waals surface area contributed by atoms with Gasteiger partial charge in [0.05, 0.1) is 5.94 Å². The van der Waals surface area contributed by atoms with Crippen LogP contribution in [0.1, 0.15) is 6.92 Å². The van der Waals surface area contributed by atoms with Crippen molar-refractivity contribution in [2.75, 3.05) is 5.94 Å². The quantitative estimate of drug-likeness (QED) is 0.535. The van der Waals surface area contributed by atoms with E-state index < -0.39 is 18.1 Å². The molecule has 2 nitrogen and oxygen atoms in total. The summed E-state index contributed by atoms with van der Waals surface area (Å²) in [5.41, 5.74) is 0. The monoisotopic (exact) mass is 188 g/mol. The molecule has 0 aromatic heterocycles. The lowest BCUT2D eigenvalue weighted by atomic mass is 10.2. The van der Waals surface area contributed by atoms with Gasteiger partial charge in [0.1, 0.15) is 6.10 Å². The molecule has 0 bridgehead atoms. The molecule has 11 heavy (non-hydrogen) atoms. The molecule has 0 aromatic rings. The summed E-state index contributed by atoms with van der Waals surface area (Å²) in [4.78, 5) is 10.3. The molecule has 1 atom stereocenters. The van der Waals surface area contributed by atoms with Gasteiger partial charge < -0.3 is 4.74 Å². The number of carbonyl (C=O) groups is 1. The summed E-state index contributed by atoms with van der Waals surface area (Å²) in [6.45, 7) is 1.03. The summed E-state index contributed by atoms with van der Waals surface area (Å²) in [6.07, 6.45) is -6.28. The highest BCUT2D eigenvalue weighted by Crippen LogP contribution is 2.18. The smallest absolute Gasteiger partial charge is 0.360 e. The molecule has 6 heteroatoms. The molecule has 0 amide bonds. The van der Waals surface area contributed by atoms with Crippen LogP contribution >= 0.6 is 12.6 Å². The molecular weight excluding hydrogens is 181 g/mol. The Kier molecular flexibility index (Phi) is 3.88. The first-order valence-corrected chi connectivity index (χ1v) is 3.36. The number of carbonyl (C=O) groups excluding carboxylic acids is 1. The fourth-order valence-corrected chi connectivity index (χ4v) is 0.642. The minimum absolute atomic E-state index is 0.205. The molecule has 1 unspecified atom stereocenters. The van der Waals surface area contributed by atoms with Crippen molar-refractivity contribution in [3.63, 3.8) is 0 Å². The van der Waals surface area contributed by atoms with Crippen LogP contribution in [0.25, 0.3) is 0 Å². The van der Waals surface area contributed by atoms with Crippen LogP contribution in [0.5, 0.6) is 0 Å². The van der Waals surface area contributed by atoms with Crippen LogP contribution in [-0.4, -0.2) is 24.0 Å². The maximum atomic E-state index is 11.6. The SMILES string of the molecule is CC(OCS)C(=O)C(F)(F)F. The predicted molar refractivity (Wildman–Crippen MR) is 35.5 cm³/mol. The Hall–Kier alpha value is -0.230. The van der Waals surface area contributed by atoms with Gasteiger partial charge in [-0.25, -0.2) is 0 Å². The molecule has 0 fully saturated rings. The minimum Gasteiger partial charge on any atom is -0.360 e. The van der Waals surface area contributed by atoms with E-state index in [2.05, 4.69) is 17.4 Å². The molecule has 0 saturated carbocycles. The number of Topliss-reactive ketones (excluding diaryl/α,β-unsaturated/α-hetero) is 1. The molecule has 0 aliphatic rings. The number of ether oxygens (including phenoxy) is 1. The first-order valence-electron chi connectivity index (χ1n) is 2.73. The molecule has 0 aromatic carbocycles. The molecule has 0 aliphatic carbocycles. The zero-order valence-electron chi connectivity index (χ0n) is 5.68. The fraction of sp³-hybridized carbons (Fsp3) is 0.800. The zero-order chi connectivity index (χ0) is 9.07. The number of hydrogen-bond donors (Lipinski definition) is 1. The van der Waals surface area contributed by atoms with Crippen LogP contribution < -0.4 is 0 Å². The third-order valence-corrected chi connectivity index (χ3v) is 1.12. The van der Waals surface area contributed by atoms with Gasteiger partial charge in [-0.15, -0.1) is 0 Å². The number of rotatable bonds is 3. The van der Waals surface area contributed by atoms with Crippen molar-refractivity contribution < 1.29 is 22.7 Å². The van der Waals surface area contributed by atoms with Gasteiger partial charge in [0.2, 0.25) is 0 Å². The summed E-state index contributed by atoms with van der Waals surface area (Å²) in [5.74, 6) is -2.09. The van der Waals surface area contributed by atoms with Gasteiger partial charge in [-0.3, -0.25) is 4.79 Å². The van der Waals surface area contributed by atoms with Crippen molar-refractivity contribution in [1.29, 1.82) is 0 Å². The number of thiol groups is 1. The van der Waals surface area contributed by atoms with E-state index in [1.807, 2.05) is 0 Å². The number of alkyl halides is 3. The molecular formula is C5H7F3O2S. The first-order chi connectivity index (χ1) is 4.89. The number of hydrogen-bond acceptors (Lipinski definition) is 3. The summed E-state index contributed by atoms with van der Waals surface area (Å²) >= 11 is 3.51. The van der Waals surface area contributed by atoms with Crippen LogP contribution in [0.3, 0.4) is 0 Å². The maximum Gasteiger partial charge on any atom is 0.452 e. The van der Waals surface area contributed by atoms with Crippen molar-refractivity contribution in [2.45, 2.75) is 19.2 Å². The second-order valence-electron chi connectivity index (χ2n) is 1.80. The summed E-state index contributed by atoms with van der Waals surface area (Å²) < 4.78 is 39.0. The molecule has 0 heterocycles. The van der Waals surface area contributed by atoms with E-state index in [1.165, 1.54) is 0 Å². The fourth-order valence-electron chi connectivity index (χ4n) is 0.418. The van der Waals surface area contributed by atoms with E-state index in [4.69, 9.17) is 0 Å². The molecule has 0 N–H and O–H groups in total. The largest absolute Gasteiger partial charge is 0.452 e. The van der Waals surface area contributed by atoms with Crippen molar-refractivity contribution in [3.8, 4) is 0 Å². The molecule has 0 rings (SSSR count). The van der Waals surface area contributed by atoms with Gasteiger partial charge in [0, 0.05) is 0 Å². The predicted octanol–water partition coefficient (Wildman–Crippen LogP) is 1.41. The Balaban J connectivity index is 4.03. The number of halogens is 3. The van der Waals surface area contributed by atoms with Crippen LogP contribution in [0.4, 0.5) is 13.2 Å². The topological polar surface area (TPSA) is 26.3 Å². The zero-order valence-corrected chi connectivity index (χ0v) is 6.58. The highest BCUT2D eigenvalue weighted by Gasteiger charge is 2.41. The Morgan fingerprint density at radius 2 is 2.09 bits per heavy atom. The van der Waals surface area contributed by atoms with Gasteiger partial charge in [0.15, 0.2) is 0 Å². The highest BCUT2D eigenvalue weighted by molar-refractivity contribution is 7.80. The van der Waals surface area contributed by atoms with Crippen LogP contribution in [0, 0.1) is 0 Å². The van der Waals surface area contributed by atoms with Gasteiger partial charge in [0.25, 0.3) is 5.78 Å². The molecule has 0 aliphatic heterocycles. The lowest BCUT2D eigenvalue weighted by Gasteiger charge is -2.11. The Morgan fingerprint density at radius 3 is 2.36 bits per heavy atom. The third kappa shape index (κ3) is 3.62. The first kappa shape index (κ1) is 10.8. The van der Waals surface area contributed by atoms with Crippen LogP contribution in [0.15, 0.2) is 0 Å². The van der Waals surface area contributed by atoms with Crippen molar-refractivity contribution in [1.82, 2.24) is 0 Å². The van der Waals surface area contributed by atoms with E-state index in [1.54, 1.807) is 0 Å². The van der Waals surface area contributed by atoms with Crippen LogP contribution in [0.2, 0.25) is 0 Å². The Morgan fingerprint density at radius 1 is 1.64 bits per heavy atom. The Labute approximate surface area is 67.1 Å². The lowest BCUT2D eigenvalue weighted by Crippen LogP contribution is -2.34. The van der Waals surface area contributed by atoms with Gasteiger partial charge >= 0.3 is 6.18 Å². The number of ketones is 1. The van der Waals surface area contributed by atoms with Crippen molar-refractivity contribution in [2.24, 2.45) is 0 Å². The summed E-state index contributed by atoms with van der Waals surface area (Å²) in [5, 5.41) is 0. The average molecular weight is 188 g/mol. The molecule has 0 saturated heterocycles. The normalized spacial score (nSPS) is 14.6. The van der Waals surface area contributed by atoms with E-state index in [9.17, 15) is 18.0 Å². The van der Waals surface area contributed by atoms with Crippen LogP contribution in [-0.2, 0) is 9.53 Å². The summed E-state index contributed by atoms with van der Waals surface area (Å²) in [7, 11) is 0. The highest BCUT2D eigenvalue weighted by atomic mass is 32.1. The second kappa shape index (κ2) is 3.96. The summed E-state index contributed by atoms with van der Waals surface area (Å²) in [6, 6.07) is 0. The van der Waals surface area contributed by atoms with E-state index in [0.29, 0.717) is 0 Å². The van der Waals surface area contributed by atoms with Gasteiger partial charge in [-0.1, -0.05) is 0 Å². The Bertz CT molecular complexity index is 145. The third-order valence-electron chi connectivity index (χ3n) is 0.973. The van der Waals surface area contributed by atoms with Gasteiger partial charge in [-0.2, -0.15) is 25.8 Å². The molecule has 0 spiro atoms. The van der Waals surface area contributed by atoms with E-state index >= 15 is 0 Å². The minimum atomic E-state index is -4.82. The molecule has 0 radical (unpaired) electrons. The average Bonchev–Trinajstić information content (AvgIpc) is 1.85. The lowest BCUT2D eigenvalue weighted by molar-refractivity contribution is -0.180. The van der Waals surface area contributed by atoms with E-state index in [-0.39, 0.29) is 5.94 Å². The van der Waals surface area contributed by atoms with Crippen molar-refractivity contribution >= 4 is 18.4 Å².